The van der Waals surface area contributed by atoms with E-state index < -0.39 is 6.09 Å². The van der Waals surface area contributed by atoms with Crippen LogP contribution >= 0.6 is 0 Å². The van der Waals surface area contributed by atoms with E-state index in [2.05, 4.69) is 15.6 Å². The van der Waals surface area contributed by atoms with E-state index in [0.717, 1.165) is 6.42 Å². The highest BCUT2D eigenvalue weighted by Crippen LogP contribution is 2.22. The number of hydrogen-bond donors (Lipinski definition) is 3. The summed E-state index contributed by atoms with van der Waals surface area (Å²) in [7, 11) is 0. The topological polar surface area (TPSA) is 124 Å². The summed E-state index contributed by atoms with van der Waals surface area (Å²) in [6.07, 6.45) is 1.18. The van der Waals surface area contributed by atoms with Crippen molar-refractivity contribution >= 4 is 17.8 Å². The summed E-state index contributed by atoms with van der Waals surface area (Å²) in [5.41, 5.74) is 0.214. The van der Waals surface area contributed by atoms with Gasteiger partial charge in [-0.05, 0) is 6.42 Å². The van der Waals surface area contributed by atoms with E-state index in [1.54, 1.807) is 0 Å². The number of aromatic nitrogens is 1. The fraction of sp³-hybridized carbons (Fsp3) is 0.385. The first-order chi connectivity index (χ1) is 10.1. The number of ether oxygens (including phenoxy) is 1. The number of rotatable bonds is 4. The third-order valence-electron chi connectivity index (χ3n) is 3.04. The number of pyridine rings is 1. The zero-order valence-corrected chi connectivity index (χ0v) is 11.1. The number of nitriles is 1. The summed E-state index contributed by atoms with van der Waals surface area (Å²) in [4.78, 5) is 25.7. The van der Waals surface area contributed by atoms with Crippen LogP contribution in [0.4, 0.5) is 10.6 Å². The minimum Gasteiger partial charge on any atom is -0.492 e. The van der Waals surface area contributed by atoms with Crippen molar-refractivity contribution in [2.75, 3.05) is 18.5 Å². The first-order valence-corrected chi connectivity index (χ1v) is 6.38. The van der Waals surface area contributed by atoms with Crippen molar-refractivity contribution in [3.05, 3.63) is 17.8 Å². The van der Waals surface area contributed by atoms with Crippen LogP contribution in [-0.4, -0.2) is 35.2 Å². The summed E-state index contributed by atoms with van der Waals surface area (Å²) >= 11 is 0. The van der Waals surface area contributed by atoms with Gasteiger partial charge in [-0.1, -0.05) is 0 Å². The fourth-order valence-electron chi connectivity index (χ4n) is 2.02. The molecule has 8 nitrogen and oxygen atoms in total. The maximum atomic E-state index is 11.3. The van der Waals surface area contributed by atoms with Crippen LogP contribution in [0.2, 0.25) is 0 Å². The second-order valence-corrected chi connectivity index (χ2v) is 4.63. The molecule has 3 N–H and O–H groups in total. The van der Waals surface area contributed by atoms with Gasteiger partial charge in [0.2, 0.25) is 5.91 Å². The minimum absolute atomic E-state index is 0.0154. The molecule has 0 aliphatic carbocycles. The molecular formula is C13H14N4O4. The predicted octanol–water partition coefficient (Wildman–Crippen LogP) is 0.948. The van der Waals surface area contributed by atoms with Crippen molar-refractivity contribution < 1.29 is 19.4 Å². The molecule has 1 aromatic heterocycles. The van der Waals surface area contributed by atoms with Crippen LogP contribution in [-0.2, 0) is 4.79 Å². The zero-order valence-electron chi connectivity index (χ0n) is 11.1. The first-order valence-electron chi connectivity index (χ1n) is 6.38. The lowest BCUT2D eigenvalue weighted by Gasteiger charge is -2.22. The molecule has 1 aliphatic heterocycles. The molecular weight excluding hydrogens is 276 g/mol. The Bertz CT molecular complexity index is 596. The highest BCUT2D eigenvalue weighted by Gasteiger charge is 2.20. The van der Waals surface area contributed by atoms with Crippen LogP contribution < -0.4 is 15.4 Å². The van der Waals surface area contributed by atoms with Crippen molar-refractivity contribution in [3.63, 3.8) is 0 Å². The summed E-state index contributed by atoms with van der Waals surface area (Å²) in [5, 5.41) is 22.5. The zero-order chi connectivity index (χ0) is 15.2. The maximum absolute atomic E-state index is 11.3. The Hall–Kier alpha value is -2.82. The van der Waals surface area contributed by atoms with Gasteiger partial charge in [0.1, 0.15) is 23.2 Å². The molecule has 1 unspecified atom stereocenters. The summed E-state index contributed by atoms with van der Waals surface area (Å²) < 4.78 is 5.56. The van der Waals surface area contributed by atoms with E-state index >= 15 is 0 Å². The highest BCUT2D eigenvalue weighted by atomic mass is 16.5. The largest absolute Gasteiger partial charge is 0.492 e. The number of anilines is 1. The lowest BCUT2D eigenvalue weighted by atomic mass is 9.99. The van der Waals surface area contributed by atoms with Gasteiger partial charge in [0, 0.05) is 24.9 Å². The summed E-state index contributed by atoms with van der Waals surface area (Å²) in [5.74, 6) is 0.396. The molecule has 0 saturated carbocycles. The van der Waals surface area contributed by atoms with Crippen molar-refractivity contribution in [3.8, 4) is 11.8 Å². The second kappa shape index (κ2) is 6.56. The monoisotopic (exact) mass is 290 g/mol. The molecule has 0 aromatic carbocycles. The van der Waals surface area contributed by atoms with E-state index in [1.165, 1.54) is 12.3 Å². The number of amides is 2. The summed E-state index contributed by atoms with van der Waals surface area (Å²) in [6.45, 7) is 0.902. The lowest BCUT2D eigenvalue weighted by Crippen LogP contribution is -2.35. The van der Waals surface area contributed by atoms with E-state index in [4.69, 9.17) is 15.1 Å². The number of nitrogens with one attached hydrogen (secondary N) is 2. The van der Waals surface area contributed by atoms with E-state index in [0.29, 0.717) is 19.6 Å². The molecule has 110 valence electrons. The molecule has 1 aromatic rings. The Morgan fingerprint density at radius 3 is 3.14 bits per heavy atom. The van der Waals surface area contributed by atoms with Gasteiger partial charge in [-0.15, -0.1) is 0 Å². The van der Waals surface area contributed by atoms with E-state index in [9.17, 15) is 9.59 Å². The van der Waals surface area contributed by atoms with Crippen LogP contribution in [0.3, 0.4) is 0 Å². The number of carboxylic acid groups (broad SMARTS) is 1. The highest BCUT2D eigenvalue weighted by molar-refractivity contribution is 5.81. The average molecular weight is 290 g/mol. The Balaban J connectivity index is 2.05. The Labute approximate surface area is 120 Å². The van der Waals surface area contributed by atoms with E-state index in [1.807, 2.05) is 6.07 Å². The molecule has 0 spiro atoms. The van der Waals surface area contributed by atoms with Gasteiger partial charge in [0.25, 0.3) is 0 Å². The van der Waals surface area contributed by atoms with Gasteiger partial charge >= 0.3 is 6.09 Å². The fourth-order valence-corrected chi connectivity index (χ4v) is 2.02. The van der Waals surface area contributed by atoms with Gasteiger partial charge in [-0.3, -0.25) is 10.1 Å². The standard InChI is InChI=1S/C13H14N4O4/c14-5-9-6-16-11(17-13(19)20)4-10(9)21-7-8-1-2-15-12(18)3-8/h4,6,8H,1-3,7H2,(H,15,18)(H,16,17)(H,19,20). The first kappa shape index (κ1) is 14.6. The van der Waals surface area contributed by atoms with Crippen molar-refractivity contribution in [1.82, 2.24) is 10.3 Å². The van der Waals surface area contributed by atoms with Crippen molar-refractivity contribution in [2.45, 2.75) is 12.8 Å². The normalized spacial score (nSPS) is 17.5. The van der Waals surface area contributed by atoms with Crippen LogP contribution in [0.25, 0.3) is 0 Å². The van der Waals surface area contributed by atoms with Gasteiger partial charge in [0.05, 0.1) is 12.8 Å². The molecule has 2 heterocycles. The molecule has 1 atom stereocenters. The van der Waals surface area contributed by atoms with Gasteiger partial charge in [-0.2, -0.15) is 5.26 Å². The molecule has 2 rings (SSSR count). The number of nitrogens with zero attached hydrogens (tertiary/aromatic N) is 2. The molecule has 0 bridgehead atoms. The third-order valence-corrected chi connectivity index (χ3v) is 3.04. The average Bonchev–Trinajstić information content (AvgIpc) is 2.45. The van der Waals surface area contributed by atoms with Crippen LogP contribution in [0.1, 0.15) is 18.4 Å². The predicted molar refractivity (Wildman–Crippen MR) is 71.8 cm³/mol. The third kappa shape index (κ3) is 4.07. The van der Waals surface area contributed by atoms with Gasteiger partial charge in [-0.25, -0.2) is 9.78 Å². The Kier molecular flexibility index (Phi) is 4.56. The summed E-state index contributed by atoms with van der Waals surface area (Å²) in [6, 6.07) is 3.29. The lowest BCUT2D eigenvalue weighted by molar-refractivity contribution is -0.123. The number of hydrogen-bond acceptors (Lipinski definition) is 5. The van der Waals surface area contributed by atoms with Gasteiger partial charge in [0.15, 0.2) is 0 Å². The molecule has 0 radical (unpaired) electrons. The molecule has 1 saturated heterocycles. The quantitative estimate of drug-likeness (QED) is 0.758. The van der Waals surface area contributed by atoms with E-state index in [-0.39, 0.29) is 29.0 Å². The van der Waals surface area contributed by atoms with Crippen LogP contribution in [0.5, 0.6) is 5.75 Å². The minimum atomic E-state index is -1.25. The Morgan fingerprint density at radius 2 is 2.48 bits per heavy atom. The number of carbonyl (C=O) groups is 2. The smallest absolute Gasteiger partial charge is 0.410 e. The van der Waals surface area contributed by atoms with Crippen LogP contribution in [0.15, 0.2) is 12.3 Å². The molecule has 8 heteroatoms. The molecule has 1 fully saturated rings. The molecule has 2 amide bonds. The van der Waals surface area contributed by atoms with Gasteiger partial charge < -0.3 is 15.2 Å². The number of carbonyl (C=O) groups excluding carboxylic acids is 1. The number of piperidine rings is 1. The van der Waals surface area contributed by atoms with Crippen molar-refractivity contribution in [2.24, 2.45) is 5.92 Å². The maximum Gasteiger partial charge on any atom is 0.410 e. The SMILES string of the molecule is N#Cc1cnc(NC(=O)O)cc1OCC1CCNC(=O)C1. The Morgan fingerprint density at radius 1 is 1.67 bits per heavy atom. The molecule has 1 aliphatic rings. The van der Waals surface area contributed by atoms with Crippen molar-refractivity contribution in [1.29, 1.82) is 5.26 Å². The van der Waals surface area contributed by atoms with Crippen LogP contribution in [0, 0.1) is 17.2 Å². The second-order valence-electron chi connectivity index (χ2n) is 4.63. The molecule has 21 heavy (non-hydrogen) atoms.